The van der Waals surface area contributed by atoms with Gasteiger partial charge in [0.15, 0.2) is 0 Å². The number of allylic oxidation sites excluding steroid dienone is 2. The molecule has 0 heterocycles. The molecule has 0 aliphatic rings. The summed E-state index contributed by atoms with van der Waals surface area (Å²) in [7, 11) is 0. The summed E-state index contributed by atoms with van der Waals surface area (Å²) in [5.41, 5.74) is 0.894. The maximum atomic E-state index is 5.63. The smallest absolute Gasteiger partial charge is 0.111 e. The summed E-state index contributed by atoms with van der Waals surface area (Å²) in [5.74, 6) is 1.36. The van der Waals surface area contributed by atoms with Crippen molar-refractivity contribution in [1.29, 1.82) is 0 Å². The fraction of sp³-hybridized carbons (Fsp3) is 0.583. The summed E-state index contributed by atoms with van der Waals surface area (Å²) in [5, 5.41) is 0. The molecule has 0 spiro atoms. The molecule has 2 heteroatoms. The van der Waals surface area contributed by atoms with Crippen LogP contribution in [0.1, 0.15) is 34.6 Å². The van der Waals surface area contributed by atoms with Gasteiger partial charge in [0.2, 0.25) is 0 Å². The average Bonchev–Trinajstić information content (AvgIpc) is 2.13. The van der Waals surface area contributed by atoms with Gasteiger partial charge in [0.25, 0.3) is 0 Å². The standard InChI is InChI=1S/C12H21NO/c1-7-10(4)13-8-11(5)14-12(6)9(2)3/h7-9,12H,1H2,2-6H3/b11-8+,13-10?/t12-/m0/s1. The van der Waals surface area contributed by atoms with Gasteiger partial charge in [-0.15, -0.1) is 0 Å². The molecule has 0 unspecified atom stereocenters. The van der Waals surface area contributed by atoms with Gasteiger partial charge >= 0.3 is 0 Å². The highest BCUT2D eigenvalue weighted by Crippen LogP contribution is 2.10. The molecule has 0 aromatic heterocycles. The largest absolute Gasteiger partial charge is 0.493 e. The van der Waals surface area contributed by atoms with Crippen LogP contribution in [0.5, 0.6) is 0 Å². The van der Waals surface area contributed by atoms with Gasteiger partial charge in [0.1, 0.15) is 5.76 Å². The second-order valence-electron chi connectivity index (χ2n) is 3.78. The molecule has 0 bridgehead atoms. The van der Waals surface area contributed by atoms with Crippen molar-refractivity contribution in [2.75, 3.05) is 0 Å². The van der Waals surface area contributed by atoms with E-state index in [2.05, 4.69) is 32.3 Å². The molecule has 0 saturated carbocycles. The Balaban J connectivity index is 4.20. The van der Waals surface area contributed by atoms with Crippen LogP contribution < -0.4 is 0 Å². The van der Waals surface area contributed by atoms with Crippen molar-refractivity contribution in [2.45, 2.75) is 40.7 Å². The molecular formula is C12H21NO. The first-order valence-electron chi connectivity index (χ1n) is 4.97. The lowest BCUT2D eigenvalue weighted by molar-refractivity contribution is 0.0933. The molecule has 0 aromatic carbocycles. The fourth-order valence-corrected chi connectivity index (χ4v) is 0.705. The summed E-state index contributed by atoms with van der Waals surface area (Å²) >= 11 is 0. The predicted octanol–water partition coefficient (Wildman–Crippen LogP) is 3.56. The minimum absolute atomic E-state index is 0.227. The van der Waals surface area contributed by atoms with Gasteiger partial charge in [0.05, 0.1) is 12.3 Å². The zero-order valence-corrected chi connectivity index (χ0v) is 9.87. The summed E-state index contributed by atoms with van der Waals surface area (Å²) in [6.45, 7) is 13.8. The van der Waals surface area contributed by atoms with Crippen molar-refractivity contribution < 1.29 is 4.74 Å². The van der Waals surface area contributed by atoms with Crippen LogP contribution in [0.25, 0.3) is 0 Å². The van der Waals surface area contributed by atoms with Crippen molar-refractivity contribution >= 4 is 5.71 Å². The van der Waals surface area contributed by atoms with Gasteiger partial charge in [-0.2, -0.15) is 0 Å². The molecule has 0 radical (unpaired) electrons. The summed E-state index contributed by atoms with van der Waals surface area (Å²) in [6.07, 6.45) is 3.68. The Morgan fingerprint density at radius 3 is 2.29 bits per heavy atom. The van der Waals surface area contributed by atoms with Crippen LogP contribution >= 0.6 is 0 Å². The van der Waals surface area contributed by atoms with Gasteiger partial charge in [0, 0.05) is 5.71 Å². The zero-order chi connectivity index (χ0) is 11.1. The number of hydrogen-bond acceptors (Lipinski definition) is 2. The number of hydrogen-bond donors (Lipinski definition) is 0. The predicted molar refractivity (Wildman–Crippen MR) is 62.4 cm³/mol. The van der Waals surface area contributed by atoms with Gasteiger partial charge in [-0.1, -0.05) is 20.4 Å². The van der Waals surface area contributed by atoms with Gasteiger partial charge in [-0.05, 0) is 32.8 Å². The molecule has 2 nitrogen and oxygen atoms in total. The van der Waals surface area contributed by atoms with Crippen molar-refractivity contribution in [3.05, 3.63) is 24.6 Å². The molecule has 0 fully saturated rings. The molecule has 0 aliphatic carbocycles. The van der Waals surface area contributed by atoms with Gasteiger partial charge in [-0.3, -0.25) is 4.99 Å². The molecule has 0 aliphatic heterocycles. The Labute approximate surface area is 87.4 Å². The molecule has 0 rings (SSSR count). The molecule has 0 N–H and O–H groups in total. The van der Waals surface area contributed by atoms with Crippen molar-refractivity contribution in [2.24, 2.45) is 10.9 Å². The fourth-order valence-electron chi connectivity index (χ4n) is 0.705. The van der Waals surface area contributed by atoms with Crippen molar-refractivity contribution in [3.8, 4) is 0 Å². The Hall–Kier alpha value is -1.05. The van der Waals surface area contributed by atoms with Crippen molar-refractivity contribution in [1.82, 2.24) is 0 Å². The second-order valence-corrected chi connectivity index (χ2v) is 3.78. The summed E-state index contributed by atoms with van der Waals surface area (Å²) < 4.78 is 5.63. The number of aliphatic imine (C=N–C) groups is 1. The third kappa shape index (κ3) is 5.57. The Morgan fingerprint density at radius 2 is 1.86 bits per heavy atom. The summed E-state index contributed by atoms with van der Waals surface area (Å²) in [6, 6.07) is 0. The van der Waals surface area contributed by atoms with E-state index in [4.69, 9.17) is 4.74 Å². The lowest BCUT2D eigenvalue weighted by atomic mass is 10.1. The topological polar surface area (TPSA) is 21.6 Å². The van der Waals surface area contributed by atoms with E-state index in [1.165, 1.54) is 0 Å². The van der Waals surface area contributed by atoms with E-state index >= 15 is 0 Å². The van der Waals surface area contributed by atoms with Crippen LogP contribution in [0, 0.1) is 5.92 Å². The van der Waals surface area contributed by atoms with Crippen LogP contribution in [0.4, 0.5) is 0 Å². The van der Waals surface area contributed by atoms with Gasteiger partial charge < -0.3 is 4.74 Å². The third-order valence-corrected chi connectivity index (χ3v) is 2.06. The monoisotopic (exact) mass is 195 g/mol. The van der Waals surface area contributed by atoms with Crippen molar-refractivity contribution in [3.63, 3.8) is 0 Å². The van der Waals surface area contributed by atoms with Crippen LogP contribution in [0.2, 0.25) is 0 Å². The molecule has 0 saturated heterocycles. The molecule has 0 aromatic rings. The Morgan fingerprint density at radius 1 is 1.29 bits per heavy atom. The normalized spacial score (nSPS) is 15.6. The van der Waals surface area contributed by atoms with E-state index in [-0.39, 0.29) is 6.10 Å². The Kier molecular flexibility index (Phi) is 5.93. The van der Waals surface area contributed by atoms with E-state index < -0.39 is 0 Å². The molecule has 80 valence electrons. The maximum absolute atomic E-state index is 5.63. The SMILES string of the molecule is C=CC(C)=N/C=C(\C)O[C@@H](C)C(C)C. The minimum Gasteiger partial charge on any atom is -0.493 e. The van der Waals surface area contributed by atoms with Crippen LogP contribution in [-0.2, 0) is 4.74 Å². The molecule has 0 amide bonds. The first-order chi connectivity index (χ1) is 6.47. The number of ether oxygens (including phenoxy) is 1. The number of nitrogens with zero attached hydrogens (tertiary/aromatic N) is 1. The van der Waals surface area contributed by atoms with E-state index in [0.717, 1.165) is 11.5 Å². The molecule has 1 atom stereocenters. The average molecular weight is 195 g/mol. The number of rotatable bonds is 5. The third-order valence-electron chi connectivity index (χ3n) is 2.06. The molecular weight excluding hydrogens is 174 g/mol. The first-order valence-corrected chi connectivity index (χ1v) is 4.97. The van der Waals surface area contributed by atoms with Crippen LogP contribution in [-0.4, -0.2) is 11.8 Å². The first kappa shape index (κ1) is 12.9. The van der Waals surface area contributed by atoms with Crippen LogP contribution in [0.15, 0.2) is 29.6 Å². The highest BCUT2D eigenvalue weighted by atomic mass is 16.5. The highest BCUT2D eigenvalue weighted by Gasteiger charge is 2.07. The lowest BCUT2D eigenvalue weighted by Crippen LogP contribution is -2.14. The Bertz CT molecular complexity index is 239. The maximum Gasteiger partial charge on any atom is 0.111 e. The van der Waals surface area contributed by atoms with E-state index in [1.807, 2.05) is 13.8 Å². The summed E-state index contributed by atoms with van der Waals surface area (Å²) in [4.78, 5) is 4.17. The molecule has 14 heavy (non-hydrogen) atoms. The quantitative estimate of drug-likeness (QED) is 0.485. The van der Waals surface area contributed by atoms with E-state index in [9.17, 15) is 0 Å². The van der Waals surface area contributed by atoms with Crippen LogP contribution in [0.3, 0.4) is 0 Å². The van der Waals surface area contributed by atoms with E-state index in [0.29, 0.717) is 5.92 Å². The highest BCUT2D eigenvalue weighted by molar-refractivity contribution is 5.92. The van der Waals surface area contributed by atoms with E-state index in [1.54, 1.807) is 12.3 Å². The minimum atomic E-state index is 0.227. The lowest BCUT2D eigenvalue weighted by Gasteiger charge is -2.17. The second kappa shape index (κ2) is 6.41. The zero-order valence-electron chi connectivity index (χ0n) is 9.87. The van der Waals surface area contributed by atoms with Gasteiger partial charge in [-0.25, -0.2) is 0 Å².